The first-order valence-corrected chi connectivity index (χ1v) is 16.1. The lowest BCUT2D eigenvalue weighted by Gasteiger charge is -2.34. The van der Waals surface area contributed by atoms with Crippen LogP contribution in [0, 0.1) is 0 Å². The number of hydrogen-bond donors (Lipinski definition) is 1. The second-order valence-electron chi connectivity index (χ2n) is 9.47. The zero-order valence-electron chi connectivity index (χ0n) is 22.5. The predicted molar refractivity (Wildman–Crippen MR) is 165 cm³/mol. The van der Waals surface area contributed by atoms with Gasteiger partial charge in [-0.1, -0.05) is 78.7 Å². The summed E-state index contributed by atoms with van der Waals surface area (Å²) in [6, 6.07) is 19.9. The third kappa shape index (κ3) is 8.46. The lowest BCUT2D eigenvalue weighted by Crippen LogP contribution is -2.54. The maximum atomic E-state index is 14.1. The highest BCUT2D eigenvalue weighted by molar-refractivity contribution is 9.10. The number of benzene rings is 3. The van der Waals surface area contributed by atoms with Crippen molar-refractivity contribution in [3.8, 4) is 0 Å². The van der Waals surface area contributed by atoms with Gasteiger partial charge in [-0.25, -0.2) is 8.42 Å². The largest absolute Gasteiger partial charge is 0.352 e. The predicted octanol–water partition coefficient (Wildman–Crippen LogP) is 6.08. The molecule has 2 amide bonds. The van der Waals surface area contributed by atoms with E-state index >= 15 is 0 Å². The van der Waals surface area contributed by atoms with E-state index in [-0.39, 0.29) is 24.9 Å². The second-order valence-corrected chi connectivity index (χ2v) is 13.0. The Morgan fingerprint density at radius 2 is 1.55 bits per heavy atom. The summed E-state index contributed by atoms with van der Waals surface area (Å²) in [6.45, 7) is 3.19. The van der Waals surface area contributed by atoms with Crippen molar-refractivity contribution in [3.05, 3.63) is 98.4 Å². The molecule has 1 N–H and O–H groups in total. The number of nitrogens with one attached hydrogen (secondary N) is 1. The van der Waals surface area contributed by atoms with Crippen LogP contribution in [0.1, 0.15) is 31.4 Å². The Labute approximate surface area is 254 Å². The molecule has 11 heteroatoms. The Hall–Kier alpha value is -2.59. The Morgan fingerprint density at radius 3 is 2.12 bits per heavy atom. The molecule has 7 nitrogen and oxygen atoms in total. The van der Waals surface area contributed by atoms with E-state index in [9.17, 15) is 18.0 Å². The second kappa shape index (κ2) is 14.3. The van der Waals surface area contributed by atoms with Gasteiger partial charge in [-0.05, 0) is 59.1 Å². The van der Waals surface area contributed by atoms with Crippen LogP contribution in [-0.4, -0.2) is 50.0 Å². The van der Waals surface area contributed by atoms with Gasteiger partial charge in [-0.15, -0.1) is 0 Å². The van der Waals surface area contributed by atoms with Gasteiger partial charge in [0, 0.05) is 39.1 Å². The number of nitrogens with zero attached hydrogens (tertiary/aromatic N) is 2. The molecule has 0 heterocycles. The molecular formula is C29H32BrCl2N3O4S. The topological polar surface area (TPSA) is 86.8 Å². The minimum absolute atomic E-state index is 0.101. The highest BCUT2D eigenvalue weighted by Crippen LogP contribution is 2.30. The fraction of sp³-hybridized carbons (Fsp3) is 0.310. The van der Waals surface area contributed by atoms with Crippen molar-refractivity contribution in [1.82, 2.24) is 10.2 Å². The standard InChI is InChI=1S/C29H32BrCl2N3O4S/c1-4-20(2)33-29(37)27(17-21-11-6-5-7-12-21)34(18-22-24(31)14-10-15-25(22)32)28(36)19-35(40(3,38)39)26-16-9-8-13-23(26)30/h5-16,20,27H,4,17-19H2,1-3H3,(H,33,37)/t20-,27+/m1/s1. The van der Waals surface area contributed by atoms with E-state index < -0.39 is 28.5 Å². The van der Waals surface area contributed by atoms with E-state index in [2.05, 4.69) is 21.2 Å². The molecule has 3 aromatic carbocycles. The van der Waals surface area contributed by atoms with E-state index in [1.807, 2.05) is 44.2 Å². The maximum Gasteiger partial charge on any atom is 0.244 e. The van der Waals surface area contributed by atoms with Gasteiger partial charge in [0.25, 0.3) is 0 Å². The summed E-state index contributed by atoms with van der Waals surface area (Å²) in [5.74, 6) is -0.945. The fourth-order valence-corrected chi connectivity index (χ4v) is 6.09. The molecular weight excluding hydrogens is 637 g/mol. The van der Waals surface area contributed by atoms with Crippen molar-refractivity contribution in [2.45, 2.75) is 45.3 Å². The summed E-state index contributed by atoms with van der Waals surface area (Å²) in [5, 5.41) is 3.65. The lowest BCUT2D eigenvalue weighted by molar-refractivity contribution is -0.140. The van der Waals surface area contributed by atoms with Crippen LogP contribution in [0.2, 0.25) is 10.0 Å². The number of carbonyl (C=O) groups is 2. The number of sulfonamides is 1. The van der Waals surface area contributed by atoms with Gasteiger partial charge in [-0.3, -0.25) is 13.9 Å². The first-order valence-electron chi connectivity index (χ1n) is 12.7. The molecule has 0 aliphatic carbocycles. The number of hydrogen-bond acceptors (Lipinski definition) is 4. The van der Waals surface area contributed by atoms with Gasteiger partial charge >= 0.3 is 0 Å². The number of para-hydroxylation sites is 1. The van der Waals surface area contributed by atoms with E-state index in [4.69, 9.17) is 23.2 Å². The molecule has 0 spiro atoms. The Morgan fingerprint density at radius 1 is 0.950 bits per heavy atom. The summed E-state index contributed by atoms with van der Waals surface area (Å²) in [7, 11) is -3.88. The monoisotopic (exact) mass is 667 g/mol. The minimum Gasteiger partial charge on any atom is -0.352 e. The molecule has 3 aromatic rings. The number of rotatable bonds is 12. The lowest BCUT2D eigenvalue weighted by atomic mass is 10.0. The van der Waals surface area contributed by atoms with Crippen molar-refractivity contribution in [2.24, 2.45) is 0 Å². The first kappa shape index (κ1) is 31.9. The number of carbonyl (C=O) groups excluding carboxylic acids is 2. The van der Waals surface area contributed by atoms with Crippen molar-refractivity contribution in [2.75, 3.05) is 17.1 Å². The normalized spacial score (nSPS) is 12.8. The molecule has 0 aromatic heterocycles. The number of anilines is 1. The molecule has 0 saturated heterocycles. The smallest absolute Gasteiger partial charge is 0.244 e. The summed E-state index contributed by atoms with van der Waals surface area (Å²) < 4.78 is 27.3. The molecule has 2 atom stereocenters. The molecule has 0 bridgehead atoms. The Balaban J connectivity index is 2.12. The number of halogens is 3. The van der Waals surface area contributed by atoms with Crippen molar-refractivity contribution < 1.29 is 18.0 Å². The van der Waals surface area contributed by atoms with E-state index in [1.54, 1.807) is 42.5 Å². The molecule has 0 unspecified atom stereocenters. The van der Waals surface area contributed by atoms with Gasteiger partial charge in [0.05, 0.1) is 11.9 Å². The van der Waals surface area contributed by atoms with Crippen LogP contribution in [0.5, 0.6) is 0 Å². The van der Waals surface area contributed by atoms with Gasteiger partial charge in [0.15, 0.2) is 0 Å². The molecule has 0 radical (unpaired) electrons. The molecule has 214 valence electrons. The summed E-state index contributed by atoms with van der Waals surface area (Å²) in [5.41, 5.74) is 1.60. The van der Waals surface area contributed by atoms with E-state index in [0.29, 0.717) is 32.2 Å². The molecule has 0 saturated carbocycles. The average Bonchev–Trinajstić information content (AvgIpc) is 2.91. The van der Waals surface area contributed by atoms with Gasteiger partial charge in [-0.2, -0.15) is 0 Å². The molecule has 0 aliphatic rings. The fourth-order valence-electron chi connectivity index (χ4n) is 4.10. The van der Waals surface area contributed by atoms with E-state index in [1.165, 1.54) is 4.90 Å². The van der Waals surface area contributed by atoms with Gasteiger partial charge in [0.2, 0.25) is 21.8 Å². The van der Waals surface area contributed by atoms with Gasteiger partial charge in [0.1, 0.15) is 12.6 Å². The van der Waals surface area contributed by atoms with Gasteiger partial charge < -0.3 is 10.2 Å². The van der Waals surface area contributed by atoms with Crippen LogP contribution in [0.4, 0.5) is 5.69 Å². The van der Waals surface area contributed by atoms with Crippen molar-refractivity contribution in [1.29, 1.82) is 0 Å². The van der Waals surface area contributed by atoms with Crippen molar-refractivity contribution >= 4 is 66.7 Å². The molecule has 0 fully saturated rings. The zero-order valence-corrected chi connectivity index (χ0v) is 26.4. The summed E-state index contributed by atoms with van der Waals surface area (Å²) in [6.07, 6.45) is 1.93. The van der Waals surface area contributed by atoms with Crippen LogP contribution in [-0.2, 0) is 32.6 Å². The summed E-state index contributed by atoms with van der Waals surface area (Å²) in [4.78, 5) is 29.2. The van der Waals surface area contributed by atoms with Crippen molar-refractivity contribution in [3.63, 3.8) is 0 Å². The van der Waals surface area contributed by atoms with Crippen LogP contribution in [0.15, 0.2) is 77.3 Å². The minimum atomic E-state index is -3.88. The Kier molecular flexibility index (Phi) is 11.5. The molecule has 0 aliphatic heterocycles. The summed E-state index contributed by atoms with van der Waals surface area (Å²) >= 11 is 16.4. The SMILES string of the molecule is CC[C@@H](C)NC(=O)[C@H](Cc1ccccc1)N(Cc1c(Cl)cccc1Cl)C(=O)CN(c1ccccc1Br)S(C)(=O)=O. The highest BCUT2D eigenvalue weighted by atomic mass is 79.9. The average molecular weight is 669 g/mol. The third-order valence-electron chi connectivity index (χ3n) is 6.46. The molecule has 40 heavy (non-hydrogen) atoms. The van der Waals surface area contributed by atoms with Crippen LogP contribution < -0.4 is 9.62 Å². The van der Waals surface area contributed by atoms with Crippen LogP contribution >= 0.6 is 39.1 Å². The highest BCUT2D eigenvalue weighted by Gasteiger charge is 2.34. The third-order valence-corrected chi connectivity index (χ3v) is 8.97. The van der Waals surface area contributed by atoms with Crippen LogP contribution in [0.3, 0.4) is 0 Å². The molecule has 3 rings (SSSR count). The zero-order chi connectivity index (χ0) is 29.4. The number of amides is 2. The quantitative estimate of drug-likeness (QED) is 0.254. The Bertz CT molecular complexity index is 1420. The first-order chi connectivity index (χ1) is 18.9. The maximum absolute atomic E-state index is 14.1. The van der Waals surface area contributed by atoms with E-state index in [0.717, 1.165) is 16.1 Å². The van der Waals surface area contributed by atoms with Crippen LogP contribution in [0.25, 0.3) is 0 Å².